The Hall–Kier alpha value is -1.75. The average molecular weight is 313 g/mol. The number of halogens is 1. The van der Waals surface area contributed by atoms with Crippen molar-refractivity contribution < 1.29 is 14.7 Å². The maximum atomic E-state index is 12.3. The summed E-state index contributed by atoms with van der Waals surface area (Å²) in [5.41, 5.74) is -0.490. The number of hydrogen-bond donors (Lipinski definition) is 2. The fraction of sp³-hybridized carbons (Fsp3) is 0.467. The first-order valence-corrected chi connectivity index (χ1v) is 7.15. The topological polar surface area (TPSA) is 69.6 Å². The molecule has 0 saturated carbocycles. The number of carboxylic acids is 1. The molecule has 0 spiro atoms. The number of amides is 2. The van der Waals surface area contributed by atoms with Gasteiger partial charge in [-0.05, 0) is 39.3 Å². The third kappa shape index (κ3) is 3.88. The Bertz CT molecular complexity index is 531. The Kier molecular flexibility index (Phi) is 5.61. The van der Waals surface area contributed by atoms with Crippen molar-refractivity contribution in [2.24, 2.45) is 0 Å². The summed E-state index contributed by atoms with van der Waals surface area (Å²) in [6, 6.07) is 6.47. The van der Waals surface area contributed by atoms with Gasteiger partial charge in [0, 0.05) is 11.6 Å². The van der Waals surface area contributed by atoms with E-state index in [0.717, 1.165) is 5.56 Å². The Morgan fingerprint density at radius 1 is 1.38 bits per heavy atom. The molecule has 1 unspecified atom stereocenters. The van der Waals surface area contributed by atoms with Crippen molar-refractivity contribution in [2.45, 2.75) is 39.3 Å². The van der Waals surface area contributed by atoms with Crippen LogP contribution in [0.1, 0.15) is 39.3 Å². The Morgan fingerprint density at radius 2 is 1.95 bits per heavy atom. The highest BCUT2D eigenvalue weighted by Gasteiger charge is 2.37. The quantitative estimate of drug-likeness (QED) is 0.876. The highest BCUT2D eigenvalue weighted by molar-refractivity contribution is 6.31. The van der Waals surface area contributed by atoms with Gasteiger partial charge in [0.25, 0.3) is 0 Å². The summed E-state index contributed by atoms with van der Waals surface area (Å²) in [5, 5.41) is 12.6. The number of carbonyl (C=O) groups is 2. The van der Waals surface area contributed by atoms with Gasteiger partial charge in [-0.25, -0.2) is 9.59 Å². The van der Waals surface area contributed by atoms with E-state index < -0.39 is 17.5 Å². The fourth-order valence-electron chi connectivity index (χ4n) is 2.08. The molecule has 5 nitrogen and oxygen atoms in total. The maximum absolute atomic E-state index is 12.3. The molecule has 0 saturated heterocycles. The van der Waals surface area contributed by atoms with Crippen LogP contribution in [-0.2, 0) is 4.79 Å². The molecule has 6 heteroatoms. The van der Waals surface area contributed by atoms with Crippen molar-refractivity contribution in [2.75, 3.05) is 6.54 Å². The molecule has 2 amide bonds. The van der Waals surface area contributed by atoms with E-state index in [9.17, 15) is 14.7 Å². The zero-order valence-electron chi connectivity index (χ0n) is 12.7. The minimum Gasteiger partial charge on any atom is -0.480 e. The van der Waals surface area contributed by atoms with Crippen LogP contribution in [0.5, 0.6) is 0 Å². The largest absolute Gasteiger partial charge is 0.480 e. The van der Waals surface area contributed by atoms with Crippen LogP contribution in [0.15, 0.2) is 24.3 Å². The molecular formula is C15H21ClN2O3. The van der Waals surface area contributed by atoms with Gasteiger partial charge in [0.2, 0.25) is 0 Å². The number of carboxylic acid groups (broad SMARTS) is 1. The minimum absolute atomic E-state index is 0.292. The second-order valence-corrected chi connectivity index (χ2v) is 5.71. The first-order chi connectivity index (χ1) is 9.71. The highest BCUT2D eigenvalue weighted by atomic mass is 35.5. The lowest BCUT2D eigenvalue weighted by atomic mass is 10.0. The van der Waals surface area contributed by atoms with Gasteiger partial charge < -0.3 is 15.3 Å². The number of urea groups is 1. The standard InChI is InChI=1S/C15H21ClN2O3/c1-5-18(15(3,4)13(19)20)14(21)17-10(2)11-8-6-7-9-12(11)16/h6-10H,5H2,1-4H3,(H,17,21)(H,19,20). The summed E-state index contributed by atoms with van der Waals surface area (Å²) in [6.07, 6.45) is 0. The van der Waals surface area contributed by atoms with Crippen LogP contribution in [0, 0.1) is 0 Å². The minimum atomic E-state index is -1.28. The molecule has 0 bridgehead atoms. The third-order valence-corrected chi connectivity index (χ3v) is 3.82. The smallest absolute Gasteiger partial charge is 0.329 e. The lowest BCUT2D eigenvalue weighted by Crippen LogP contribution is -2.56. The molecule has 0 aliphatic heterocycles. The Morgan fingerprint density at radius 3 is 2.43 bits per heavy atom. The molecule has 1 aromatic rings. The lowest BCUT2D eigenvalue weighted by Gasteiger charge is -2.35. The normalized spacial score (nSPS) is 12.6. The number of hydrogen-bond acceptors (Lipinski definition) is 2. The van der Waals surface area contributed by atoms with Crippen LogP contribution in [0.4, 0.5) is 4.79 Å². The summed E-state index contributed by atoms with van der Waals surface area (Å²) in [7, 11) is 0. The van der Waals surface area contributed by atoms with Crippen LogP contribution < -0.4 is 5.32 Å². The van der Waals surface area contributed by atoms with Crippen LogP contribution in [0.25, 0.3) is 0 Å². The van der Waals surface area contributed by atoms with Gasteiger partial charge in [0.05, 0.1) is 6.04 Å². The van der Waals surface area contributed by atoms with Gasteiger partial charge in [0.1, 0.15) is 5.54 Å². The summed E-state index contributed by atoms with van der Waals surface area (Å²) >= 11 is 6.10. The van der Waals surface area contributed by atoms with E-state index in [1.807, 2.05) is 18.2 Å². The summed E-state index contributed by atoms with van der Waals surface area (Å²) in [5.74, 6) is -1.05. The molecule has 0 aromatic heterocycles. The molecule has 0 radical (unpaired) electrons. The second-order valence-electron chi connectivity index (χ2n) is 5.30. The van der Waals surface area contributed by atoms with E-state index in [2.05, 4.69) is 5.32 Å². The Balaban J connectivity index is 2.89. The monoisotopic (exact) mass is 312 g/mol. The summed E-state index contributed by atoms with van der Waals surface area (Å²) in [4.78, 5) is 24.9. The van der Waals surface area contributed by atoms with Crippen molar-refractivity contribution in [3.8, 4) is 0 Å². The summed E-state index contributed by atoms with van der Waals surface area (Å²) < 4.78 is 0. The molecule has 2 N–H and O–H groups in total. The maximum Gasteiger partial charge on any atom is 0.329 e. The van der Waals surface area contributed by atoms with Crippen LogP contribution in [0.3, 0.4) is 0 Å². The number of aliphatic carboxylic acids is 1. The molecule has 1 atom stereocenters. The molecule has 1 aromatic carbocycles. The zero-order valence-corrected chi connectivity index (χ0v) is 13.4. The molecule has 0 aliphatic carbocycles. The van der Waals surface area contributed by atoms with Crippen molar-refractivity contribution in [3.05, 3.63) is 34.9 Å². The van der Waals surface area contributed by atoms with Crippen LogP contribution >= 0.6 is 11.6 Å². The Labute approximate surface area is 129 Å². The van der Waals surface area contributed by atoms with Crippen LogP contribution in [0.2, 0.25) is 5.02 Å². The van der Waals surface area contributed by atoms with Gasteiger partial charge in [0.15, 0.2) is 0 Å². The van der Waals surface area contributed by atoms with Gasteiger partial charge in [-0.15, -0.1) is 0 Å². The number of likely N-dealkylation sites (N-methyl/N-ethyl adjacent to an activating group) is 1. The number of carbonyl (C=O) groups excluding carboxylic acids is 1. The van der Waals surface area contributed by atoms with Gasteiger partial charge in [-0.3, -0.25) is 0 Å². The van der Waals surface area contributed by atoms with Crippen molar-refractivity contribution in [1.82, 2.24) is 10.2 Å². The molecule has 0 heterocycles. The third-order valence-electron chi connectivity index (χ3n) is 3.47. The van der Waals surface area contributed by atoms with Gasteiger partial charge in [-0.1, -0.05) is 29.8 Å². The zero-order chi connectivity index (χ0) is 16.2. The predicted molar refractivity (Wildman–Crippen MR) is 82.5 cm³/mol. The molecule has 21 heavy (non-hydrogen) atoms. The number of rotatable bonds is 5. The van der Waals surface area contributed by atoms with E-state index >= 15 is 0 Å². The molecular weight excluding hydrogens is 292 g/mol. The van der Waals surface area contributed by atoms with E-state index in [1.165, 1.54) is 18.7 Å². The molecule has 0 aliphatic rings. The average Bonchev–Trinajstić information content (AvgIpc) is 2.39. The predicted octanol–water partition coefficient (Wildman–Crippen LogP) is 3.30. The fourth-order valence-corrected chi connectivity index (χ4v) is 2.37. The van der Waals surface area contributed by atoms with E-state index in [1.54, 1.807) is 19.9 Å². The molecule has 0 fully saturated rings. The van der Waals surface area contributed by atoms with Crippen LogP contribution in [-0.4, -0.2) is 34.1 Å². The van der Waals surface area contributed by atoms with E-state index in [4.69, 9.17) is 11.6 Å². The number of nitrogens with zero attached hydrogens (tertiary/aromatic N) is 1. The van der Waals surface area contributed by atoms with E-state index in [0.29, 0.717) is 11.6 Å². The first-order valence-electron chi connectivity index (χ1n) is 6.77. The van der Waals surface area contributed by atoms with Gasteiger partial charge >= 0.3 is 12.0 Å². The molecule has 1 rings (SSSR count). The number of benzene rings is 1. The number of nitrogens with one attached hydrogen (secondary N) is 1. The van der Waals surface area contributed by atoms with Crippen molar-refractivity contribution in [3.63, 3.8) is 0 Å². The molecule has 116 valence electrons. The second kappa shape index (κ2) is 6.80. The SMILES string of the molecule is CCN(C(=O)NC(C)c1ccccc1Cl)C(C)(C)C(=O)O. The summed E-state index contributed by atoms with van der Waals surface area (Å²) in [6.45, 7) is 6.84. The lowest BCUT2D eigenvalue weighted by molar-refractivity contribution is -0.147. The van der Waals surface area contributed by atoms with Gasteiger partial charge in [-0.2, -0.15) is 0 Å². The van der Waals surface area contributed by atoms with Crippen molar-refractivity contribution >= 4 is 23.6 Å². The van der Waals surface area contributed by atoms with Crippen molar-refractivity contribution in [1.29, 1.82) is 0 Å². The first kappa shape index (κ1) is 17.3. The van der Waals surface area contributed by atoms with E-state index in [-0.39, 0.29) is 6.04 Å². The highest BCUT2D eigenvalue weighted by Crippen LogP contribution is 2.23.